The molecule has 10 heteroatoms. The van der Waals surface area contributed by atoms with Crippen LogP contribution in [0.1, 0.15) is 25.7 Å². The maximum atomic E-state index is 12.8. The van der Waals surface area contributed by atoms with Crippen molar-refractivity contribution in [3.8, 4) is 11.5 Å². The fraction of sp³-hybridized carbons (Fsp3) is 0.464. The first kappa shape index (κ1) is 26.5. The van der Waals surface area contributed by atoms with E-state index < -0.39 is 0 Å². The van der Waals surface area contributed by atoms with Crippen LogP contribution in [0, 0.1) is 0 Å². The first-order valence-electron chi connectivity index (χ1n) is 13.3. The Bertz CT molecular complexity index is 1230. The predicted octanol–water partition coefficient (Wildman–Crippen LogP) is 5.01. The van der Waals surface area contributed by atoms with Crippen LogP contribution >= 0.6 is 15.9 Å². The molecule has 0 atom stereocenters. The largest absolute Gasteiger partial charge is 0.493 e. The second-order valence-corrected chi connectivity index (χ2v) is 10.6. The van der Waals surface area contributed by atoms with Crippen molar-refractivity contribution in [1.29, 1.82) is 0 Å². The Hall–Kier alpha value is -3.11. The van der Waals surface area contributed by atoms with Gasteiger partial charge in [-0.25, -0.2) is 14.8 Å². The van der Waals surface area contributed by atoms with Crippen molar-refractivity contribution in [2.45, 2.75) is 25.7 Å². The molecule has 2 amide bonds. The Kier molecular flexibility index (Phi) is 8.80. The zero-order valence-corrected chi connectivity index (χ0v) is 23.5. The third-order valence-electron chi connectivity index (χ3n) is 7.19. The molecule has 2 fully saturated rings. The Labute approximate surface area is 232 Å². The number of piperazine rings is 1. The van der Waals surface area contributed by atoms with Crippen molar-refractivity contribution in [3.05, 3.63) is 47.2 Å². The van der Waals surface area contributed by atoms with E-state index in [4.69, 9.17) is 9.47 Å². The minimum absolute atomic E-state index is 0.0942. The molecule has 9 nitrogen and oxygen atoms in total. The van der Waals surface area contributed by atoms with Crippen LogP contribution in [0.4, 0.5) is 16.3 Å². The van der Waals surface area contributed by atoms with Crippen LogP contribution in [0.5, 0.6) is 11.5 Å². The van der Waals surface area contributed by atoms with Crippen LogP contribution < -0.4 is 19.7 Å². The zero-order valence-electron chi connectivity index (χ0n) is 21.9. The fourth-order valence-corrected chi connectivity index (χ4v) is 5.35. The molecule has 2 aromatic carbocycles. The summed E-state index contributed by atoms with van der Waals surface area (Å²) >= 11 is 3.42. The number of carbonyl (C=O) groups is 1. The molecule has 38 heavy (non-hydrogen) atoms. The molecular formula is C28H35BrN6O3. The average molecular weight is 584 g/mol. The number of hydrogen-bond acceptors (Lipinski definition) is 7. The maximum Gasteiger partial charge on any atom is 0.321 e. The Morgan fingerprint density at radius 1 is 0.974 bits per heavy atom. The SMILES string of the molecule is COc1cc2c(N3CCN(C(=O)Nc4ccc(Br)cc4)CC3)ncnc2cc1OCCCN1CCCCC1. The summed E-state index contributed by atoms with van der Waals surface area (Å²) in [6.07, 6.45) is 6.53. The fourth-order valence-electron chi connectivity index (χ4n) is 5.09. The van der Waals surface area contributed by atoms with Crippen LogP contribution in [-0.2, 0) is 0 Å². The van der Waals surface area contributed by atoms with E-state index in [1.807, 2.05) is 41.3 Å². The number of aromatic nitrogens is 2. The predicted molar refractivity (Wildman–Crippen MR) is 153 cm³/mol. The number of nitrogens with one attached hydrogen (secondary N) is 1. The van der Waals surface area contributed by atoms with Gasteiger partial charge in [0.05, 0.1) is 19.2 Å². The highest BCUT2D eigenvalue weighted by molar-refractivity contribution is 9.10. The number of amides is 2. The highest BCUT2D eigenvalue weighted by Crippen LogP contribution is 2.35. The molecule has 0 unspecified atom stereocenters. The number of methoxy groups -OCH3 is 1. The van der Waals surface area contributed by atoms with Gasteiger partial charge in [0.25, 0.3) is 0 Å². The summed E-state index contributed by atoms with van der Waals surface area (Å²) in [7, 11) is 1.66. The molecule has 1 N–H and O–H groups in total. The molecule has 2 aliphatic rings. The van der Waals surface area contributed by atoms with Crippen molar-refractivity contribution in [3.63, 3.8) is 0 Å². The lowest BCUT2D eigenvalue weighted by Crippen LogP contribution is -2.50. The molecular weight excluding hydrogens is 548 g/mol. The summed E-state index contributed by atoms with van der Waals surface area (Å²) in [4.78, 5) is 28.4. The summed E-state index contributed by atoms with van der Waals surface area (Å²) in [5.41, 5.74) is 1.59. The number of rotatable bonds is 8. The number of halogens is 1. The summed E-state index contributed by atoms with van der Waals surface area (Å²) < 4.78 is 12.8. The van der Waals surface area contributed by atoms with Gasteiger partial charge >= 0.3 is 6.03 Å². The standard InChI is InChI=1S/C28H35BrN6O3/c1-37-25-18-23-24(19-26(25)38-17-5-12-33-10-3-2-4-11-33)30-20-31-27(23)34-13-15-35(16-14-34)28(36)32-22-8-6-21(29)7-9-22/h6-9,18-20H,2-5,10-17H2,1H3,(H,32,36). The molecule has 0 bridgehead atoms. The third kappa shape index (κ3) is 6.47. The van der Waals surface area contributed by atoms with Gasteiger partial charge in [-0.3, -0.25) is 0 Å². The summed E-state index contributed by atoms with van der Waals surface area (Å²) in [6.45, 7) is 6.66. The highest BCUT2D eigenvalue weighted by Gasteiger charge is 2.24. The summed E-state index contributed by atoms with van der Waals surface area (Å²) in [6, 6.07) is 11.4. The molecule has 0 aliphatic carbocycles. The van der Waals surface area contributed by atoms with E-state index in [0.29, 0.717) is 44.3 Å². The number of ether oxygens (including phenoxy) is 2. The highest BCUT2D eigenvalue weighted by atomic mass is 79.9. The molecule has 202 valence electrons. The number of hydrogen-bond donors (Lipinski definition) is 1. The van der Waals surface area contributed by atoms with E-state index >= 15 is 0 Å². The minimum Gasteiger partial charge on any atom is -0.493 e. The van der Waals surface area contributed by atoms with Crippen molar-refractivity contribution >= 4 is 44.4 Å². The van der Waals surface area contributed by atoms with Gasteiger partial charge in [0.2, 0.25) is 0 Å². The summed E-state index contributed by atoms with van der Waals surface area (Å²) in [5, 5.41) is 3.89. The lowest BCUT2D eigenvalue weighted by Gasteiger charge is -2.35. The Balaban J connectivity index is 1.21. The van der Waals surface area contributed by atoms with Gasteiger partial charge < -0.3 is 29.5 Å². The van der Waals surface area contributed by atoms with E-state index in [1.165, 1.54) is 32.4 Å². The lowest BCUT2D eigenvalue weighted by molar-refractivity contribution is 0.203. The number of piperidine rings is 1. The zero-order chi connectivity index (χ0) is 26.3. The lowest BCUT2D eigenvalue weighted by atomic mass is 10.1. The second-order valence-electron chi connectivity index (χ2n) is 9.73. The van der Waals surface area contributed by atoms with Crippen LogP contribution in [0.25, 0.3) is 10.9 Å². The molecule has 2 aliphatic heterocycles. The quantitative estimate of drug-likeness (QED) is 0.374. The molecule has 0 spiro atoms. The van der Waals surface area contributed by atoms with Gasteiger partial charge in [0, 0.05) is 54.3 Å². The number of nitrogens with zero attached hydrogens (tertiary/aromatic N) is 5. The average Bonchev–Trinajstić information content (AvgIpc) is 2.96. The van der Waals surface area contributed by atoms with Crippen molar-refractivity contribution in [1.82, 2.24) is 19.8 Å². The molecule has 0 saturated carbocycles. The first-order valence-corrected chi connectivity index (χ1v) is 14.1. The molecule has 2 saturated heterocycles. The monoisotopic (exact) mass is 582 g/mol. The van der Waals surface area contributed by atoms with E-state index in [9.17, 15) is 4.79 Å². The Morgan fingerprint density at radius 3 is 2.47 bits per heavy atom. The first-order chi connectivity index (χ1) is 18.6. The molecule has 0 radical (unpaired) electrons. The number of anilines is 2. The van der Waals surface area contributed by atoms with E-state index in [-0.39, 0.29) is 6.03 Å². The van der Waals surface area contributed by atoms with E-state index in [0.717, 1.165) is 39.8 Å². The van der Waals surface area contributed by atoms with Crippen molar-refractivity contribution < 1.29 is 14.3 Å². The van der Waals surface area contributed by atoms with Gasteiger partial charge in [-0.2, -0.15) is 0 Å². The number of urea groups is 1. The number of carbonyl (C=O) groups excluding carboxylic acids is 1. The van der Waals surface area contributed by atoms with E-state index in [1.54, 1.807) is 13.4 Å². The van der Waals surface area contributed by atoms with Crippen LogP contribution in [0.2, 0.25) is 0 Å². The Morgan fingerprint density at radius 2 is 1.74 bits per heavy atom. The molecule has 3 aromatic rings. The van der Waals surface area contributed by atoms with Gasteiger partial charge in [0.1, 0.15) is 12.1 Å². The smallest absolute Gasteiger partial charge is 0.321 e. The third-order valence-corrected chi connectivity index (χ3v) is 7.72. The number of fused-ring (bicyclic) bond motifs is 1. The molecule has 3 heterocycles. The van der Waals surface area contributed by atoms with Crippen molar-refractivity contribution in [2.75, 3.05) is 69.7 Å². The normalized spacial score (nSPS) is 16.5. The van der Waals surface area contributed by atoms with Gasteiger partial charge in [-0.1, -0.05) is 22.4 Å². The van der Waals surface area contributed by atoms with Gasteiger partial charge in [0.15, 0.2) is 11.5 Å². The molecule has 1 aromatic heterocycles. The number of likely N-dealkylation sites (tertiary alicyclic amines) is 1. The van der Waals surface area contributed by atoms with Crippen LogP contribution in [0.3, 0.4) is 0 Å². The van der Waals surface area contributed by atoms with Crippen molar-refractivity contribution in [2.24, 2.45) is 0 Å². The van der Waals surface area contributed by atoms with Gasteiger partial charge in [-0.05, 0) is 62.7 Å². The summed E-state index contributed by atoms with van der Waals surface area (Å²) in [5.74, 6) is 2.23. The topological polar surface area (TPSA) is 83.1 Å². The van der Waals surface area contributed by atoms with Crippen LogP contribution in [0.15, 0.2) is 47.2 Å². The minimum atomic E-state index is -0.0942. The number of benzene rings is 2. The molecule has 5 rings (SSSR count). The van der Waals surface area contributed by atoms with Gasteiger partial charge in [-0.15, -0.1) is 0 Å². The maximum absolute atomic E-state index is 12.8. The second kappa shape index (κ2) is 12.6. The van der Waals surface area contributed by atoms with E-state index in [2.05, 4.69) is 41.0 Å². The van der Waals surface area contributed by atoms with Crippen LogP contribution in [-0.4, -0.2) is 85.3 Å².